The fourth-order valence-corrected chi connectivity index (χ4v) is 4.48. The quantitative estimate of drug-likeness (QED) is 0.562. The van der Waals surface area contributed by atoms with Crippen LogP contribution in [0.1, 0.15) is 24.5 Å². The maximum Gasteiger partial charge on any atom is 0.416 e. The molecule has 1 aliphatic heterocycles. The van der Waals surface area contributed by atoms with Crippen molar-refractivity contribution >= 4 is 16.0 Å². The number of aliphatic carboxylic acids is 1. The number of likely N-dealkylation sites (N-methyl/N-ethyl adjacent to an activating group) is 1. The molecule has 2 aromatic rings. The zero-order chi connectivity index (χ0) is 23.7. The van der Waals surface area contributed by atoms with Gasteiger partial charge in [-0.2, -0.15) is 17.5 Å². The van der Waals surface area contributed by atoms with E-state index in [-0.39, 0.29) is 30.3 Å². The van der Waals surface area contributed by atoms with Crippen molar-refractivity contribution < 1.29 is 36.2 Å². The fourth-order valence-electron chi connectivity index (χ4n) is 3.20. The van der Waals surface area contributed by atoms with Crippen molar-refractivity contribution in [2.75, 3.05) is 20.2 Å². The monoisotopic (exact) mass is 472 g/mol. The van der Waals surface area contributed by atoms with E-state index in [1.807, 2.05) is 0 Å². The van der Waals surface area contributed by atoms with Crippen LogP contribution < -0.4 is 0 Å². The van der Waals surface area contributed by atoms with Crippen molar-refractivity contribution in [2.24, 2.45) is 5.92 Å². The minimum absolute atomic E-state index is 0.00806. The summed E-state index contributed by atoms with van der Waals surface area (Å²) in [5.74, 6) is -1.54. The fraction of sp³-hybridized carbons (Fsp3) is 0.429. The topological polar surface area (TPSA) is 100 Å². The van der Waals surface area contributed by atoms with Crippen LogP contribution in [0.2, 0.25) is 0 Å². The molecule has 1 aromatic heterocycles. The smallest absolute Gasteiger partial charge is 0.416 e. The number of hydrogen-bond donors (Lipinski definition) is 1. The third-order valence-corrected chi connectivity index (χ3v) is 7.05. The lowest BCUT2D eigenvalue weighted by molar-refractivity contribution is -0.141. The summed E-state index contributed by atoms with van der Waals surface area (Å²) in [4.78, 5) is 14.9. The lowest BCUT2D eigenvalue weighted by atomic mass is 9.97. The van der Waals surface area contributed by atoms with Crippen LogP contribution in [0.25, 0.3) is 11.3 Å². The van der Waals surface area contributed by atoms with Crippen LogP contribution >= 0.6 is 0 Å². The molecule has 7 nitrogen and oxygen atoms in total. The number of halogens is 3. The molecule has 1 aliphatic rings. The van der Waals surface area contributed by atoms with Crippen molar-refractivity contribution in [3.8, 4) is 11.3 Å². The summed E-state index contributed by atoms with van der Waals surface area (Å²) in [6, 6.07) is 5.65. The highest BCUT2D eigenvalue weighted by molar-refractivity contribution is 7.89. The molecule has 1 saturated heterocycles. The Morgan fingerprint density at radius 1 is 1.31 bits per heavy atom. The second kappa shape index (κ2) is 9.16. The first-order chi connectivity index (χ1) is 14.9. The summed E-state index contributed by atoms with van der Waals surface area (Å²) in [5, 5.41) is 9.19. The highest BCUT2D eigenvalue weighted by Gasteiger charge is 2.35. The molecule has 2 atom stereocenters. The number of epoxide rings is 1. The summed E-state index contributed by atoms with van der Waals surface area (Å²) in [6.45, 7) is 2.20. The van der Waals surface area contributed by atoms with Gasteiger partial charge in [0.05, 0.1) is 34.8 Å². The molecule has 2 unspecified atom stereocenters. The number of hydrogen-bond acceptors (Lipinski definition) is 5. The van der Waals surface area contributed by atoms with E-state index in [1.54, 1.807) is 13.0 Å². The van der Waals surface area contributed by atoms with Crippen molar-refractivity contribution in [2.45, 2.75) is 36.9 Å². The minimum Gasteiger partial charge on any atom is -0.481 e. The van der Waals surface area contributed by atoms with E-state index in [4.69, 9.17) is 4.74 Å². The molecule has 0 bridgehead atoms. The zero-order valence-corrected chi connectivity index (χ0v) is 18.3. The normalized spacial score (nSPS) is 17.4. The summed E-state index contributed by atoms with van der Waals surface area (Å²) in [7, 11) is -2.90. The molecule has 174 valence electrons. The van der Waals surface area contributed by atoms with Gasteiger partial charge in [-0.15, -0.1) is 0 Å². The van der Waals surface area contributed by atoms with Gasteiger partial charge in [-0.1, -0.05) is 13.0 Å². The van der Waals surface area contributed by atoms with Crippen LogP contribution in [0.4, 0.5) is 13.2 Å². The average Bonchev–Trinajstić information content (AvgIpc) is 3.55. The molecule has 1 N–H and O–H groups in total. The van der Waals surface area contributed by atoms with E-state index in [1.165, 1.54) is 19.3 Å². The molecule has 1 aromatic carbocycles. The van der Waals surface area contributed by atoms with Crippen molar-refractivity contribution in [3.05, 3.63) is 47.7 Å². The Morgan fingerprint density at radius 3 is 2.50 bits per heavy atom. The standard InChI is InChI=1S/C21H23F3N2O5S/c1-3-14(20(27)28)6-13-4-5-19(25-10-13)15-7-16(21(22,23)24)9-18(8-15)32(29,30)26(2)11-17-12-31-17/h4-5,7-10,14,17H,3,6,11-12H2,1-2H3,(H,27,28). The number of benzene rings is 1. The summed E-state index contributed by atoms with van der Waals surface area (Å²) in [6.07, 6.45) is -2.96. The molecule has 0 amide bonds. The number of carbonyl (C=O) groups is 1. The van der Waals surface area contributed by atoms with E-state index in [2.05, 4.69) is 4.98 Å². The Labute approximate surface area is 183 Å². The third-order valence-electron chi connectivity index (χ3n) is 5.25. The summed E-state index contributed by atoms with van der Waals surface area (Å²) < 4.78 is 72.2. The van der Waals surface area contributed by atoms with Crippen LogP contribution in [-0.2, 0) is 32.2 Å². The van der Waals surface area contributed by atoms with Crippen molar-refractivity contribution in [1.29, 1.82) is 0 Å². The van der Waals surface area contributed by atoms with Gasteiger partial charge in [0.2, 0.25) is 10.0 Å². The lowest BCUT2D eigenvalue weighted by Gasteiger charge is -2.18. The van der Waals surface area contributed by atoms with Gasteiger partial charge >= 0.3 is 12.1 Å². The number of alkyl halides is 3. The Bertz CT molecular complexity index is 1080. The van der Waals surface area contributed by atoms with Gasteiger partial charge < -0.3 is 9.84 Å². The Kier molecular flexibility index (Phi) is 6.91. The van der Waals surface area contributed by atoms with Gasteiger partial charge in [0.1, 0.15) is 0 Å². The largest absolute Gasteiger partial charge is 0.481 e. The number of rotatable bonds is 9. The SMILES string of the molecule is CCC(Cc1ccc(-c2cc(C(F)(F)F)cc(S(=O)(=O)N(C)CC3CO3)c2)nc1)C(=O)O. The molecular weight excluding hydrogens is 449 g/mol. The molecular formula is C21H23F3N2O5S. The average molecular weight is 472 g/mol. The second-order valence-corrected chi connectivity index (χ2v) is 9.73. The predicted octanol–water partition coefficient (Wildman–Crippen LogP) is 3.44. The van der Waals surface area contributed by atoms with Gasteiger partial charge in [-0.3, -0.25) is 9.78 Å². The van der Waals surface area contributed by atoms with Gasteiger partial charge in [0, 0.05) is 25.4 Å². The molecule has 11 heteroatoms. The number of nitrogens with zero attached hydrogens (tertiary/aromatic N) is 2. The van der Waals surface area contributed by atoms with Gasteiger partial charge in [0.15, 0.2) is 0 Å². The summed E-state index contributed by atoms with van der Waals surface area (Å²) >= 11 is 0. The number of pyridine rings is 1. The first-order valence-electron chi connectivity index (χ1n) is 9.90. The van der Waals surface area contributed by atoms with E-state index >= 15 is 0 Å². The van der Waals surface area contributed by atoms with Crippen molar-refractivity contribution in [1.82, 2.24) is 9.29 Å². The third kappa shape index (κ3) is 5.64. The Morgan fingerprint density at radius 2 is 2.00 bits per heavy atom. The number of carboxylic acids is 1. The van der Waals surface area contributed by atoms with Gasteiger partial charge in [-0.05, 0) is 42.7 Å². The second-order valence-electron chi connectivity index (χ2n) is 7.68. The molecule has 0 aliphatic carbocycles. The molecule has 2 heterocycles. The molecule has 3 rings (SSSR count). The number of sulfonamides is 1. The number of aromatic nitrogens is 1. The zero-order valence-electron chi connectivity index (χ0n) is 17.5. The number of ether oxygens (including phenoxy) is 1. The lowest BCUT2D eigenvalue weighted by Crippen LogP contribution is -2.30. The van der Waals surface area contributed by atoms with Crippen LogP contribution in [0.15, 0.2) is 41.4 Å². The minimum atomic E-state index is -4.76. The highest BCUT2D eigenvalue weighted by Crippen LogP contribution is 2.35. The maximum absolute atomic E-state index is 13.5. The maximum atomic E-state index is 13.5. The van der Waals surface area contributed by atoms with E-state index in [0.29, 0.717) is 24.7 Å². The predicted molar refractivity (Wildman–Crippen MR) is 109 cm³/mol. The summed E-state index contributed by atoms with van der Waals surface area (Å²) in [5.41, 5.74) is -0.349. The molecule has 0 spiro atoms. The van der Waals surface area contributed by atoms with Gasteiger partial charge in [0.25, 0.3) is 0 Å². The Hall–Kier alpha value is -2.50. The van der Waals surface area contributed by atoms with Gasteiger partial charge in [-0.25, -0.2) is 8.42 Å². The van der Waals surface area contributed by atoms with E-state index in [9.17, 15) is 31.5 Å². The Balaban J connectivity index is 1.97. The van der Waals surface area contributed by atoms with Crippen LogP contribution in [0, 0.1) is 5.92 Å². The van der Waals surface area contributed by atoms with E-state index in [0.717, 1.165) is 16.4 Å². The molecule has 0 radical (unpaired) electrons. The van der Waals surface area contributed by atoms with E-state index < -0.39 is 38.5 Å². The first-order valence-corrected chi connectivity index (χ1v) is 11.3. The molecule has 32 heavy (non-hydrogen) atoms. The van der Waals surface area contributed by atoms with Crippen LogP contribution in [-0.4, -0.2) is 55.1 Å². The van der Waals surface area contributed by atoms with Crippen molar-refractivity contribution in [3.63, 3.8) is 0 Å². The molecule has 1 fully saturated rings. The number of carboxylic acid groups (broad SMARTS) is 1. The van der Waals surface area contributed by atoms with Crippen LogP contribution in [0.3, 0.4) is 0 Å². The molecule has 0 saturated carbocycles. The first kappa shape index (κ1) is 24.1. The highest BCUT2D eigenvalue weighted by atomic mass is 32.2. The van der Waals surface area contributed by atoms with Crippen LogP contribution in [0.5, 0.6) is 0 Å².